The van der Waals surface area contributed by atoms with Gasteiger partial charge in [0.05, 0.1) is 21.4 Å². The minimum absolute atomic E-state index is 0.102. The molecule has 0 radical (unpaired) electrons. The van der Waals surface area contributed by atoms with E-state index in [0.29, 0.717) is 0 Å². The van der Waals surface area contributed by atoms with Crippen molar-refractivity contribution in [3.8, 4) is 0 Å². The van der Waals surface area contributed by atoms with E-state index in [0.717, 1.165) is 10.2 Å². The normalized spacial score (nSPS) is 14.8. The molecule has 0 aromatic carbocycles. The average Bonchev–Trinajstić information content (AvgIpc) is 1.60. The molecule has 0 bridgehead atoms. The maximum atomic E-state index is 11.1. The van der Waals surface area contributed by atoms with Crippen LogP contribution in [0.5, 0.6) is 0 Å². The van der Waals surface area contributed by atoms with E-state index < -0.39 is 0 Å². The SMILES string of the molecule is CC([SiH3])OC(=O)C(C)(C)C. The zero-order valence-electron chi connectivity index (χ0n) is 7.39. The molecule has 10 heavy (non-hydrogen) atoms. The maximum absolute atomic E-state index is 11.1. The zero-order valence-corrected chi connectivity index (χ0v) is 9.39. The Morgan fingerprint density at radius 2 is 1.90 bits per heavy atom. The molecule has 0 aliphatic rings. The van der Waals surface area contributed by atoms with E-state index in [1.54, 1.807) is 0 Å². The van der Waals surface area contributed by atoms with E-state index in [2.05, 4.69) is 0 Å². The molecule has 2 nitrogen and oxygen atoms in total. The summed E-state index contributed by atoms with van der Waals surface area (Å²) in [5.74, 6) is -0.102. The van der Waals surface area contributed by atoms with Gasteiger partial charge in [0, 0.05) is 0 Å². The number of rotatable bonds is 1. The number of ether oxygens (including phenoxy) is 1. The number of esters is 1. The summed E-state index contributed by atoms with van der Waals surface area (Å²) >= 11 is 0. The Kier molecular flexibility index (Phi) is 3.09. The lowest BCUT2D eigenvalue weighted by Gasteiger charge is -2.18. The molecule has 0 saturated carbocycles. The Morgan fingerprint density at radius 3 is 2.00 bits per heavy atom. The lowest BCUT2D eigenvalue weighted by atomic mass is 9.97. The highest BCUT2D eigenvalue weighted by Crippen LogP contribution is 2.15. The van der Waals surface area contributed by atoms with Gasteiger partial charge in [-0.1, -0.05) is 0 Å². The van der Waals surface area contributed by atoms with Gasteiger partial charge >= 0.3 is 5.97 Å². The molecule has 0 N–H and O–H groups in total. The van der Waals surface area contributed by atoms with Crippen molar-refractivity contribution in [2.24, 2.45) is 5.41 Å². The number of hydrogen-bond donors (Lipinski definition) is 0. The summed E-state index contributed by atoms with van der Waals surface area (Å²) in [5.41, 5.74) is -0.217. The van der Waals surface area contributed by atoms with Crippen LogP contribution in [-0.4, -0.2) is 21.9 Å². The number of hydrogen-bond acceptors (Lipinski definition) is 2. The zero-order chi connectivity index (χ0) is 8.36. The van der Waals surface area contributed by atoms with E-state index in [4.69, 9.17) is 4.74 Å². The lowest BCUT2D eigenvalue weighted by Crippen LogP contribution is -2.26. The predicted octanol–water partition coefficient (Wildman–Crippen LogP) is 0.287. The van der Waals surface area contributed by atoms with Crippen LogP contribution in [0.25, 0.3) is 0 Å². The summed E-state index contributed by atoms with van der Waals surface area (Å²) < 4.78 is 5.04. The summed E-state index contributed by atoms with van der Waals surface area (Å²) in [7, 11) is 0.907. The second kappa shape index (κ2) is 3.19. The largest absolute Gasteiger partial charge is 0.467 e. The molecule has 0 spiro atoms. The van der Waals surface area contributed by atoms with E-state index in [-0.39, 0.29) is 17.1 Å². The van der Waals surface area contributed by atoms with Gasteiger partial charge in [-0.25, -0.2) is 0 Å². The van der Waals surface area contributed by atoms with Crippen LogP contribution >= 0.6 is 0 Å². The Morgan fingerprint density at radius 1 is 1.50 bits per heavy atom. The molecule has 0 aromatic heterocycles. The van der Waals surface area contributed by atoms with Gasteiger partial charge < -0.3 is 4.74 Å². The van der Waals surface area contributed by atoms with Gasteiger partial charge in [-0.3, -0.25) is 4.79 Å². The Balaban J connectivity index is 3.87. The Bertz CT molecular complexity index is 124. The van der Waals surface area contributed by atoms with Crippen LogP contribution in [0.4, 0.5) is 0 Å². The summed E-state index contributed by atoms with van der Waals surface area (Å²) in [6, 6.07) is 0. The Hall–Kier alpha value is -0.313. The van der Waals surface area contributed by atoms with Crippen molar-refractivity contribution < 1.29 is 9.53 Å². The second-order valence-electron chi connectivity index (χ2n) is 3.70. The first-order valence-corrected chi connectivity index (χ1v) is 4.70. The molecule has 0 aliphatic carbocycles. The molecule has 0 aromatic rings. The average molecular weight is 160 g/mol. The van der Waals surface area contributed by atoms with Crippen LogP contribution in [0.2, 0.25) is 0 Å². The molecule has 0 saturated heterocycles. The molecule has 1 unspecified atom stereocenters. The fourth-order valence-electron chi connectivity index (χ4n) is 0.391. The highest BCUT2D eigenvalue weighted by atomic mass is 28.1. The van der Waals surface area contributed by atoms with Crippen molar-refractivity contribution in [2.75, 3.05) is 0 Å². The lowest BCUT2D eigenvalue weighted by molar-refractivity contribution is -0.154. The topological polar surface area (TPSA) is 26.3 Å². The molecule has 3 heteroatoms. The predicted molar refractivity (Wildman–Crippen MR) is 44.9 cm³/mol. The third-order valence-electron chi connectivity index (χ3n) is 0.955. The van der Waals surface area contributed by atoms with Crippen molar-refractivity contribution in [2.45, 2.75) is 33.4 Å². The minimum Gasteiger partial charge on any atom is -0.467 e. The van der Waals surface area contributed by atoms with Gasteiger partial charge in [0.25, 0.3) is 0 Å². The molecule has 0 aliphatic heterocycles. The third-order valence-corrected chi connectivity index (χ3v) is 1.19. The van der Waals surface area contributed by atoms with Gasteiger partial charge in [-0.2, -0.15) is 0 Å². The maximum Gasteiger partial charge on any atom is 0.311 e. The van der Waals surface area contributed by atoms with Gasteiger partial charge in [0.15, 0.2) is 0 Å². The highest BCUT2D eigenvalue weighted by Gasteiger charge is 2.23. The van der Waals surface area contributed by atoms with Crippen LogP contribution in [0, 0.1) is 5.41 Å². The van der Waals surface area contributed by atoms with Crippen LogP contribution in [-0.2, 0) is 9.53 Å². The van der Waals surface area contributed by atoms with Crippen molar-refractivity contribution in [1.29, 1.82) is 0 Å². The van der Waals surface area contributed by atoms with E-state index in [9.17, 15) is 4.79 Å². The van der Waals surface area contributed by atoms with Gasteiger partial charge in [-0.05, 0) is 27.7 Å². The monoisotopic (exact) mass is 160 g/mol. The molecular weight excluding hydrogens is 144 g/mol. The quantitative estimate of drug-likeness (QED) is 0.407. The van der Waals surface area contributed by atoms with E-state index >= 15 is 0 Å². The molecule has 60 valence electrons. The van der Waals surface area contributed by atoms with E-state index in [1.165, 1.54) is 0 Å². The first-order chi connectivity index (χ1) is 4.34. The van der Waals surface area contributed by atoms with Crippen LogP contribution in [0.3, 0.4) is 0 Å². The van der Waals surface area contributed by atoms with Crippen LogP contribution in [0.1, 0.15) is 27.7 Å². The fourth-order valence-corrected chi connectivity index (χ4v) is 0.605. The van der Waals surface area contributed by atoms with Crippen LogP contribution < -0.4 is 0 Å². The first-order valence-electron chi connectivity index (χ1n) is 3.55. The minimum atomic E-state index is -0.349. The molecule has 0 amide bonds. The third kappa shape index (κ3) is 3.66. The van der Waals surface area contributed by atoms with Crippen LogP contribution in [0.15, 0.2) is 0 Å². The molecule has 0 fully saturated rings. The number of carbonyl (C=O) groups excluding carboxylic acids is 1. The Labute approximate surface area is 65.4 Å². The van der Waals surface area contributed by atoms with Crippen molar-refractivity contribution in [1.82, 2.24) is 0 Å². The standard InChI is InChI=1S/C7H16O2Si/c1-5(10)9-6(8)7(2,3)4/h5H,1-4,10H3. The molecule has 1 atom stereocenters. The molecular formula is C7H16O2Si. The molecule has 0 heterocycles. The fraction of sp³-hybridized carbons (Fsp3) is 0.857. The van der Waals surface area contributed by atoms with E-state index in [1.807, 2.05) is 27.7 Å². The van der Waals surface area contributed by atoms with Gasteiger partial charge in [-0.15, -0.1) is 0 Å². The number of carbonyl (C=O) groups is 1. The first kappa shape index (κ1) is 9.69. The van der Waals surface area contributed by atoms with Gasteiger partial charge in [0.1, 0.15) is 0 Å². The van der Waals surface area contributed by atoms with Crippen molar-refractivity contribution in [3.63, 3.8) is 0 Å². The van der Waals surface area contributed by atoms with Gasteiger partial charge in [0.2, 0.25) is 0 Å². The van der Waals surface area contributed by atoms with Crippen molar-refractivity contribution in [3.05, 3.63) is 0 Å². The van der Waals surface area contributed by atoms with Crippen molar-refractivity contribution >= 4 is 16.2 Å². The molecule has 0 rings (SSSR count). The summed E-state index contributed by atoms with van der Waals surface area (Å²) in [5, 5.41) is 0. The smallest absolute Gasteiger partial charge is 0.311 e. The summed E-state index contributed by atoms with van der Waals surface area (Å²) in [6.07, 6.45) is 0. The second-order valence-corrected chi connectivity index (χ2v) is 5.33. The summed E-state index contributed by atoms with van der Waals surface area (Å²) in [4.78, 5) is 11.1. The summed E-state index contributed by atoms with van der Waals surface area (Å²) in [6.45, 7) is 7.49. The highest BCUT2D eigenvalue weighted by molar-refractivity contribution is 6.11.